The van der Waals surface area contributed by atoms with Gasteiger partial charge >= 0.3 is 5.97 Å². The highest BCUT2D eigenvalue weighted by Crippen LogP contribution is 2.29. The number of hydrogen-bond donors (Lipinski definition) is 2. The van der Waals surface area contributed by atoms with E-state index in [1.165, 1.54) is 18.4 Å². The average molecular weight is 348 g/mol. The third kappa shape index (κ3) is 4.30. The molecule has 0 spiro atoms. The second-order valence-corrected chi connectivity index (χ2v) is 6.74. The highest BCUT2D eigenvalue weighted by Gasteiger charge is 2.17. The summed E-state index contributed by atoms with van der Waals surface area (Å²) < 4.78 is 4.83. The molecular formula is C17H20N2O2S2. The summed E-state index contributed by atoms with van der Waals surface area (Å²) in [6.07, 6.45) is 0.855. The summed E-state index contributed by atoms with van der Waals surface area (Å²) in [5, 5.41) is 7.46. The van der Waals surface area contributed by atoms with Crippen LogP contribution in [0.4, 0.5) is 10.7 Å². The fourth-order valence-corrected chi connectivity index (χ4v) is 3.36. The Morgan fingerprint density at radius 3 is 2.65 bits per heavy atom. The second kappa shape index (κ2) is 7.57. The fraction of sp³-hybridized carbons (Fsp3) is 0.294. The zero-order chi connectivity index (χ0) is 17.0. The molecule has 0 saturated heterocycles. The van der Waals surface area contributed by atoms with E-state index in [2.05, 4.69) is 16.7 Å². The van der Waals surface area contributed by atoms with Gasteiger partial charge < -0.3 is 15.4 Å². The summed E-state index contributed by atoms with van der Waals surface area (Å²) in [6, 6.07) is 7.98. The van der Waals surface area contributed by atoms with Crippen LogP contribution in [0.25, 0.3) is 0 Å². The predicted octanol–water partition coefficient (Wildman–Crippen LogP) is 4.52. The van der Waals surface area contributed by atoms with E-state index in [0.29, 0.717) is 15.7 Å². The maximum absolute atomic E-state index is 11.9. The SMILES string of the molecule is CCc1cc(C(=O)OC)c(NC(=S)Nc2cc(C)ccc2C)s1. The second-order valence-electron chi connectivity index (χ2n) is 5.20. The standard InChI is InChI=1S/C17H20N2O2S2/c1-5-12-9-13(16(20)21-4)15(23-12)19-17(22)18-14-8-10(2)6-7-11(14)3/h6-9H,5H2,1-4H3,(H2,18,19,22). The number of methoxy groups -OCH3 is 1. The van der Waals surface area contributed by atoms with Gasteiger partial charge in [-0.3, -0.25) is 0 Å². The number of aryl methyl sites for hydroxylation is 3. The summed E-state index contributed by atoms with van der Waals surface area (Å²) in [7, 11) is 1.38. The summed E-state index contributed by atoms with van der Waals surface area (Å²) in [5.41, 5.74) is 3.72. The van der Waals surface area contributed by atoms with Crippen molar-refractivity contribution < 1.29 is 9.53 Å². The predicted molar refractivity (Wildman–Crippen MR) is 101 cm³/mol. The fourth-order valence-electron chi connectivity index (χ4n) is 2.10. The normalized spacial score (nSPS) is 10.3. The number of rotatable bonds is 4. The van der Waals surface area contributed by atoms with E-state index >= 15 is 0 Å². The quantitative estimate of drug-likeness (QED) is 0.628. The van der Waals surface area contributed by atoms with Gasteiger partial charge in [0.25, 0.3) is 0 Å². The van der Waals surface area contributed by atoms with E-state index in [1.54, 1.807) is 0 Å². The topological polar surface area (TPSA) is 50.4 Å². The molecule has 2 rings (SSSR count). The van der Waals surface area contributed by atoms with Crippen LogP contribution in [0, 0.1) is 13.8 Å². The number of ether oxygens (including phenoxy) is 1. The first-order valence-corrected chi connectivity index (χ1v) is 8.53. The van der Waals surface area contributed by atoms with Crippen molar-refractivity contribution in [3.05, 3.63) is 45.8 Å². The summed E-state index contributed by atoms with van der Waals surface area (Å²) >= 11 is 6.89. The van der Waals surface area contributed by atoms with Crippen LogP contribution in [-0.2, 0) is 11.2 Å². The maximum atomic E-state index is 11.9. The van der Waals surface area contributed by atoms with E-state index in [9.17, 15) is 4.79 Å². The Bertz CT molecular complexity index is 738. The highest BCUT2D eigenvalue weighted by molar-refractivity contribution is 7.80. The van der Waals surface area contributed by atoms with Crippen molar-refractivity contribution in [2.45, 2.75) is 27.2 Å². The molecule has 0 radical (unpaired) electrons. The zero-order valence-corrected chi connectivity index (χ0v) is 15.3. The Morgan fingerprint density at radius 2 is 2.00 bits per heavy atom. The lowest BCUT2D eigenvalue weighted by Crippen LogP contribution is -2.20. The minimum atomic E-state index is -0.363. The maximum Gasteiger partial charge on any atom is 0.340 e. The number of hydrogen-bond acceptors (Lipinski definition) is 4. The van der Waals surface area contributed by atoms with Crippen molar-refractivity contribution in [1.29, 1.82) is 0 Å². The Labute approximate surface area is 145 Å². The molecular weight excluding hydrogens is 328 g/mol. The molecule has 1 aromatic heterocycles. The molecule has 0 saturated carbocycles. The average Bonchev–Trinajstić information content (AvgIpc) is 2.93. The van der Waals surface area contributed by atoms with Crippen molar-refractivity contribution in [3.63, 3.8) is 0 Å². The lowest BCUT2D eigenvalue weighted by molar-refractivity contribution is 0.0602. The molecule has 0 atom stereocenters. The summed E-state index contributed by atoms with van der Waals surface area (Å²) in [6.45, 7) is 6.09. The van der Waals surface area contributed by atoms with Crippen LogP contribution in [-0.4, -0.2) is 18.2 Å². The van der Waals surface area contributed by atoms with Crippen molar-refractivity contribution in [2.75, 3.05) is 17.7 Å². The molecule has 1 heterocycles. The molecule has 0 aliphatic carbocycles. The van der Waals surface area contributed by atoms with E-state index in [0.717, 1.165) is 28.1 Å². The number of carbonyl (C=O) groups excluding carboxylic acids is 1. The third-order valence-electron chi connectivity index (χ3n) is 3.41. The van der Waals surface area contributed by atoms with Crippen LogP contribution in [0.5, 0.6) is 0 Å². The first kappa shape index (κ1) is 17.4. The van der Waals surface area contributed by atoms with E-state index < -0.39 is 0 Å². The summed E-state index contributed by atoms with van der Waals surface area (Å²) in [5.74, 6) is -0.363. The molecule has 2 aromatic rings. The van der Waals surface area contributed by atoms with Gasteiger partial charge in [-0.1, -0.05) is 19.1 Å². The molecule has 0 unspecified atom stereocenters. The number of anilines is 2. The van der Waals surface area contributed by atoms with Gasteiger partial charge in [0, 0.05) is 10.6 Å². The van der Waals surface area contributed by atoms with Gasteiger partial charge in [-0.25, -0.2) is 4.79 Å². The van der Waals surface area contributed by atoms with Gasteiger partial charge in [0.1, 0.15) is 5.00 Å². The van der Waals surface area contributed by atoms with Gasteiger partial charge in [0.2, 0.25) is 0 Å². The Kier molecular flexibility index (Phi) is 5.74. The van der Waals surface area contributed by atoms with Gasteiger partial charge in [-0.2, -0.15) is 0 Å². The molecule has 6 heteroatoms. The van der Waals surface area contributed by atoms with Crippen LogP contribution in [0.3, 0.4) is 0 Å². The molecule has 2 N–H and O–H groups in total. The van der Waals surface area contributed by atoms with Gasteiger partial charge in [-0.15, -0.1) is 11.3 Å². The molecule has 1 aromatic carbocycles. The van der Waals surface area contributed by atoms with Crippen molar-refractivity contribution in [3.8, 4) is 0 Å². The Morgan fingerprint density at radius 1 is 1.26 bits per heavy atom. The van der Waals surface area contributed by atoms with Crippen molar-refractivity contribution in [2.24, 2.45) is 0 Å². The first-order chi connectivity index (χ1) is 10.9. The monoisotopic (exact) mass is 348 g/mol. The molecule has 23 heavy (non-hydrogen) atoms. The van der Waals surface area contributed by atoms with Crippen LogP contribution < -0.4 is 10.6 Å². The molecule has 0 bridgehead atoms. The molecule has 0 fully saturated rings. The summed E-state index contributed by atoms with van der Waals surface area (Å²) in [4.78, 5) is 13.0. The van der Waals surface area contributed by atoms with Gasteiger partial charge in [0.15, 0.2) is 5.11 Å². The van der Waals surface area contributed by atoms with E-state index in [4.69, 9.17) is 17.0 Å². The molecule has 0 aliphatic rings. The lowest BCUT2D eigenvalue weighted by Gasteiger charge is -2.13. The number of thiocarbonyl (C=S) groups is 1. The van der Waals surface area contributed by atoms with E-state index in [-0.39, 0.29) is 5.97 Å². The number of nitrogens with one attached hydrogen (secondary N) is 2. The zero-order valence-electron chi connectivity index (χ0n) is 13.6. The lowest BCUT2D eigenvalue weighted by atomic mass is 10.1. The Hall–Kier alpha value is -1.92. The minimum Gasteiger partial charge on any atom is -0.465 e. The highest BCUT2D eigenvalue weighted by atomic mass is 32.1. The van der Waals surface area contributed by atoms with Crippen molar-refractivity contribution in [1.82, 2.24) is 0 Å². The van der Waals surface area contributed by atoms with Crippen molar-refractivity contribution >= 4 is 45.3 Å². The Balaban J connectivity index is 2.18. The smallest absolute Gasteiger partial charge is 0.340 e. The molecule has 122 valence electrons. The number of esters is 1. The first-order valence-electron chi connectivity index (χ1n) is 7.30. The largest absolute Gasteiger partial charge is 0.465 e. The van der Waals surface area contributed by atoms with Crippen LogP contribution in [0.1, 0.15) is 33.3 Å². The van der Waals surface area contributed by atoms with Gasteiger partial charge in [-0.05, 0) is 55.7 Å². The minimum absolute atomic E-state index is 0.363. The molecule has 0 amide bonds. The van der Waals surface area contributed by atoms with Crippen LogP contribution in [0.15, 0.2) is 24.3 Å². The number of benzene rings is 1. The third-order valence-corrected chi connectivity index (χ3v) is 4.80. The van der Waals surface area contributed by atoms with Crippen LogP contribution in [0.2, 0.25) is 0 Å². The molecule has 4 nitrogen and oxygen atoms in total. The molecule has 0 aliphatic heterocycles. The van der Waals surface area contributed by atoms with E-state index in [1.807, 2.05) is 39.0 Å². The van der Waals surface area contributed by atoms with Crippen LogP contribution >= 0.6 is 23.6 Å². The number of thiophene rings is 1. The van der Waals surface area contributed by atoms with Gasteiger partial charge in [0.05, 0.1) is 12.7 Å². The number of carbonyl (C=O) groups is 1.